The second kappa shape index (κ2) is 12.7. The molecule has 2 N–H and O–H groups in total. The Hall–Kier alpha value is -3.66. The van der Waals surface area contributed by atoms with Crippen molar-refractivity contribution in [2.24, 2.45) is 11.0 Å². The summed E-state index contributed by atoms with van der Waals surface area (Å²) in [6.07, 6.45) is 1.13. The molecule has 3 rings (SSSR count). The number of hydrazone groups is 1. The average molecular weight is 654 g/mol. The molecule has 0 radical (unpaired) electrons. The molecule has 3 aromatic rings. The van der Waals surface area contributed by atoms with Gasteiger partial charge in [0, 0.05) is 22.2 Å². The Morgan fingerprint density at radius 1 is 1.00 bits per heavy atom. The first-order chi connectivity index (χ1) is 18.7. The van der Waals surface area contributed by atoms with Gasteiger partial charge in [-0.3, -0.25) is 14.9 Å². The molecule has 0 saturated heterocycles. The van der Waals surface area contributed by atoms with Crippen LogP contribution in [-0.2, 0) is 24.9 Å². The van der Waals surface area contributed by atoms with E-state index in [0.29, 0.717) is 4.47 Å². The van der Waals surface area contributed by atoms with E-state index in [4.69, 9.17) is 4.18 Å². The zero-order valence-corrected chi connectivity index (χ0v) is 24.7. The molecule has 0 bridgehead atoms. The molecule has 15 heteroatoms. The van der Waals surface area contributed by atoms with Crippen LogP contribution in [0.15, 0.2) is 86.1 Å². The third-order valence-corrected chi connectivity index (χ3v) is 8.65. The Labute approximate surface area is 239 Å². The number of carbonyl (C=O) groups excluding carboxylic acids is 1. The summed E-state index contributed by atoms with van der Waals surface area (Å²) in [4.78, 5) is 22.7. The lowest BCUT2D eigenvalue weighted by Gasteiger charge is -2.20. The van der Waals surface area contributed by atoms with Crippen LogP contribution < -0.4 is 14.3 Å². The Morgan fingerprint density at radius 2 is 1.60 bits per heavy atom. The number of nitrogens with one attached hydrogen (secondary N) is 2. The number of hydrogen-bond acceptors (Lipinski definition) is 9. The van der Waals surface area contributed by atoms with Crippen molar-refractivity contribution in [2.75, 3.05) is 0 Å². The summed E-state index contributed by atoms with van der Waals surface area (Å²) in [5, 5.41) is 14.7. The Kier molecular flexibility index (Phi) is 9.78. The number of rotatable bonds is 11. The lowest BCUT2D eigenvalue weighted by molar-refractivity contribution is -0.384. The van der Waals surface area contributed by atoms with Gasteiger partial charge in [0.1, 0.15) is 10.9 Å². The van der Waals surface area contributed by atoms with Crippen molar-refractivity contribution in [3.63, 3.8) is 0 Å². The van der Waals surface area contributed by atoms with Crippen molar-refractivity contribution in [3.8, 4) is 5.75 Å². The van der Waals surface area contributed by atoms with Crippen molar-refractivity contribution < 1.29 is 30.7 Å². The first kappa shape index (κ1) is 30.9. The molecular formula is C25H25BrN4O8S2. The average Bonchev–Trinajstić information content (AvgIpc) is 2.88. The lowest BCUT2D eigenvalue weighted by atomic mass is 10.1. The van der Waals surface area contributed by atoms with Gasteiger partial charge >= 0.3 is 10.1 Å². The van der Waals surface area contributed by atoms with Crippen molar-refractivity contribution in [2.45, 2.75) is 36.6 Å². The Balaban J connectivity index is 1.78. The van der Waals surface area contributed by atoms with Gasteiger partial charge < -0.3 is 4.18 Å². The minimum absolute atomic E-state index is 0.00482. The van der Waals surface area contributed by atoms with Crippen molar-refractivity contribution in [3.05, 3.63) is 92.4 Å². The first-order valence-electron chi connectivity index (χ1n) is 11.6. The fourth-order valence-electron chi connectivity index (χ4n) is 3.28. The summed E-state index contributed by atoms with van der Waals surface area (Å²) in [6, 6.07) is 13.5. The maximum Gasteiger partial charge on any atom is 0.339 e. The molecule has 0 aliphatic heterocycles. The topological polar surface area (TPSA) is 174 Å². The maximum atomic E-state index is 12.8. The van der Waals surface area contributed by atoms with Gasteiger partial charge in [-0.1, -0.05) is 47.5 Å². The standard InChI is InChI=1S/C25H25BrN4O8S2/c1-16(2)24(29-39(34,35)21-9-4-17(3)5-10-21)25(31)28-27-15-18-14-19(26)6-13-23(18)38-40(36,37)22-11-7-20(8-12-22)30(32)33/h4-16,24,29H,1-3H3,(H,28,31)/b27-15-/t24-/m0/s1. The predicted octanol–water partition coefficient (Wildman–Crippen LogP) is 3.89. The zero-order chi connectivity index (χ0) is 29.7. The molecule has 1 atom stereocenters. The SMILES string of the molecule is Cc1ccc(S(=O)(=O)N[C@H](C(=O)N/N=C\c2cc(Br)ccc2OS(=O)(=O)c2ccc([N+](=O)[O-])cc2)C(C)C)cc1. The van der Waals surface area contributed by atoms with Gasteiger partial charge in [0.2, 0.25) is 10.0 Å². The summed E-state index contributed by atoms with van der Waals surface area (Å²) < 4.78 is 59.3. The molecule has 3 aromatic carbocycles. The molecule has 0 spiro atoms. The Morgan fingerprint density at radius 3 is 2.17 bits per heavy atom. The van der Waals surface area contributed by atoms with Crippen molar-refractivity contribution in [1.82, 2.24) is 10.1 Å². The maximum absolute atomic E-state index is 12.8. The normalized spacial score (nSPS) is 12.8. The fourth-order valence-corrected chi connectivity index (χ4v) is 5.95. The number of nitro groups is 1. The van der Waals surface area contributed by atoms with E-state index < -0.39 is 42.9 Å². The number of nitrogens with zero attached hydrogens (tertiary/aromatic N) is 2. The number of aryl methyl sites for hydroxylation is 1. The van der Waals surface area contributed by atoms with Crippen LogP contribution in [0.2, 0.25) is 0 Å². The van der Waals surface area contributed by atoms with Crippen LogP contribution >= 0.6 is 15.9 Å². The number of halogens is 1. The molecule has 12 nitrogen and oxygen atoms in total. The molecule has 0 unspecified atom stereocenters. The summed E-state index contributed by atoms with van der Waals surface area (Å²) >= 11 is 3.27. The van der Waals surface area contributed by atoms with Gasteiger partial charge in [0.15, 0.2) is 5.75 Å². The highest BCUT2D eigenvalue weighted by Crippen LogP contribution is 2.26. The summed E-state index contributed by atoms with van der Waals surface area (Å²) in [6.45, 7) is 5.14. The van der Waals surface area contributed by atoms with Gasteiger partial charge in [-0.05, 0) is 55.3 Å². The van der Waals surface area contributed by atoms with E-state index in [0.717, 1.165) is 36.0 Å². The van der Waals surface area contributed by atoms with Gasteiger partial charge in [-0.15, -0.1) is 0 Å². The van der Waals surface area contributed by atoms with E-state index in [1.165, 1.54) is 30.3 Å². The predicted molar refractivity (Wildman–Crippen MR) is 151 cm³/mol. The number of non-ortho nitro benzene ring substituents is 1. The van der Waals surface area contributed by atoms with Crippen LogP contribution in [0, 0.1) is 23.0 Å². The molecule has 0 fully saturated rings. The zero-order valence-electron chi connectivity index (χ0n) is 21.4. The molecule has 0 aliphatic carbocycles. The van der Waals surface area contributed by atoms with Crippen LogP contribution in [0.25, 0.3) is 0 Å². The summed E-state index contributed by atoms with van der Waals surface area (Å²) in [7, 11) is -8.37. The van der Waals surface area contributed by atoms with E-state index in [9.17, 15) is 31.7 Å². The van der Waals surface area contributed by atoms with Gasteiger partial charge in [-0.2, -0.15) is 18.2 Å². The number of amides is 1. The van der Waals surface area contributed by atoms with Gasteiger partial charge in [0.25, 0.3) is 11.6 Å². The number of hydrogen-bond donors (Lipinski definition) is 2. The van der Waals surface area contributed by atoms with Crippen molar-refractivity contribution >= 4 is 53.9 Å². The lowest BCUT2D eigenvalue weighted by Crippen LogP contribution is -2.48. The molecule has 0 aliphatic rings. The van der Waals surface area contributed by atoms with Gasteiger partial charge in [0.05, 0.1) is 16.0 Å². The third-order valence-electron chi connectivity index (χ3n) is 5.45. The van der Waals surface area contributed by atoms with E-state index in [-0.39, 0.29) is 26.8 Å². The monoisotopic (exact) mass is 652 g/mol. The highest BCUT2D eigenvalue weighted by molar-refractivity contribution is 9.10. The largest absolute Gasteiger partial charge is 0.378 e. The molecule has 0 aromatic heterocycles. The summed E-state index contributed by atoms with van der Waals surface area (Å²) in [5.74, 6) is -1.31. The number of nitro benzene ring substituents is 1. The van der Waals surface area contributed by atoms with Crippen LogP contribution in [0.3, 0.4) is 0 Å². The molecule has 212 valence electrons. The quantitative estimate of drug-likeness (QED) is 0.136. The second-order valence-electron chi connectivity index (χ2n) is 8.86. The van der Waals surface area contributed by atoms with Crippen LogP contribution in [0.1, 0.15) is 25.0 Å². The molecule has 1 amide bonds. The van der Waals surface area contributed by atoms with E-state index >= 15 is 0 Å². The molecule has 0 heterocycles. The smallest absolute Gasteiger partial charge is 0.339 e. The number of carbonyl (C=O) groups is 1. The van der Waals surface area contributed by atoms with E-state index in [1.54, 1.807) is 26.0 Å². The minimum Gasteiger partial charge on any atom is -0.378 e. The summed E-state index contributed by atoms with van der Waals surface area (Å²) in [5.41, 5.74) is 3.02. The number of sulfonamides is 1. The molecular weight excluding hydrogens is 628 g/mol. The highest BCUT2D eigenvalue weighted by atomic mass is 79.9. The van der Waals surface area contributed by atoms with Crippen LogP contribution in [0.4, 0.5) is 5.69 Å². The van der Waals surface area contributed by atoms with E-state index in [2.05, 4.69) is 31.2 Å². The highest BCUT2D eigenvalue weighted by Gasteiger charge is 2.28. The van der Waals surface area contributed by atoms with Crippen LogP contribution in [0.5, 0.6) is 5.75 Å². The second-order valence-corrected chi connectivity index (χ2v) is 13.0. The first-order valence-corrected chi connectivity index (χ1v) is 15.3. The third kappa shape index (κ3) is 7.94. The van der Waals surface area contributed by atoms with Gasteiger partial charge in [-0.25, -0.2) is 13.8 Å². The Bertz CT molecular complexity index is 1640. The van der Waals surface area contributed by atoms with Crippen LogP contribution in [-0.4, -0.2) is 39.9 Å². The fraction of sp³-hybridized carbons (Fsp3) is 0.200. The van der Waals surface area contributed by atoms with Crippen molar-refractivity contribution in [1.29, 1.82) is 0 Å². The molecule has 40 heavy (non-hydrogen) atoms. The number of benzene rings is 3. The molecule has 0 saturated carbocycles. The minimum atomic E-state index is -4.37. The van der Waals surface area contributed by atoms with E-state index in [1.807, 2.05) is 6.92 Å².